The summed E-state index contributed by atoms with van der Waals surface area (Å²) in [5, 5.41) is 0. The average molecular weight is 171 g/mol. The standard InChI is InChI=1S/C9H11F2N/c1-3-6(2)8-4-7(10)5-9(11)12-8/h4-6H,3H2,1-2H3. The molecule has 1 nitrogen and oxygen atoms in total. The Kier molecular flexibility index (Phi) is 2.74. The lowest BCUT2D eigenvalue weighted by atomic mass is 10.0. The van der Waals surface area contributed by atoms with E-state index in [-0.39, 0.29) is 5.92 Å². The summed E-state index contributed by atoms with van der Waals surface area (Å²) in [6.07, 6.45) is 0.829. The van der Waals surface area contributed by atoms with Crippen LogP contribution in [0, 0.1) is 11.8 Å². The van der Waals surface area contributed by atoms with Gasteiger partial charge in [0.25, 0.3) is 0 Å². The summed E-state index contributed by atoms with van der Waals surface area (Å²) in [6.45, 7) is 3.84. The van der Waals surface area contributed by atoms with Crippen molar-refractivity contribution in [1.29, 1.82) is 0 Å². The molecular formula is C9H11F2N. The Balaban J connectivity index is 3.00. The summed E-state index contributed by atoms with van der Waals surface area (Å²) >= 11 is 0. The molecule has 1 rings (SSSR count). The predicted molar refractivity (Wildman–Crippen MR) is 42.9 cm³/mol. The molecule has 0 radical (unpaired) electrons. The number of aromatic nitrogens is 1. The number of nitrogens with zero attached hydrogens (tertiary/aromatic N) is 1. The van der Waals surface area contributed by atoms with Crippen molar-refractivity contribution in [3.8, 4) is 0 Å². The molecule has 0 aliphatic heterocycles. The highest BCUT2D eigenvalue weighted by molar-refractivity contribution is 5.10. The van der Waals surface area contributed by atoms with Crippen molar-refractivity contribution in [1.82, 2.24) is 4.98 Å². The molecule has 1 aromatic heterocycles. The summed E-state index contributed by atoms with van der Waals surface area (Å²) in [5.41, 5.74) is 0.481. The zero-order valence-corrected chi connectivity index (χ0v) is 7.14. The van der Waals surface area contributed by atoms with Gasteiger partial charge in [-0.1, -0.05) is 13.8 Å². The second kappa shape index (κ2) is 3.61. The van der Waals surface area contributed by atoms with E-state index in [0.29, 0.717) is 5.69 Å². The lowest BCUT2D eigenvalue weighted by molar-refractivity contribution is 0.534. The Hall–Kier alpha value is -0.990. The molecule has 0 spiro atoms. The van der Waals surface area contributed by atoms with Gasteiger partial charge in [0.2, 0.25) is 5.95 Å². The molecule has 0 saturated heterocycles. The summed E-state index contributed by atoms with van der Waals surface area (Å²) in [5.74, 6) is -1.20. The molecule has 1 unspecified atom stereocenters. The number of hydrogen-bond donors (Lipinski definition) is 0. The highest BCUT2D eigenvalue weighted by Crippen LogP contribution is 2.17. The minimum Gasteiger partial charge on any atom is -0.224 e. The van der Waals surface area contributed by atoms with E-state index >= 15 is 0 Å². The number of rotatable bonds is 2. The number of halogens is 2. The van der Waals surface area contributed by atoms with Crippen molar-refractivity contribution in [3.63, 3.8) is 0 Å². The fourth-order valence-corrected chi connectivity index (χ4v) is 0.946. The minimum atomic E-state index is -0.745. The monoisotopic (exact) mass is 171 g/mol. The van der Waals surface area contributed by atoms with Gasteiger partial charge in [-0.3, -0.25) is 0 Å². The van der Waals surface area contributed by atoms with Crippen molar-refractivity contribution >= 4 is 0 Å². The molecule has 0 aliphatic carbocycles. The lowest BCUT2D eigenvalue weighted by Crippen LogP contribution is -1.98. The fraction of sp³-hybridized carbons (Fsp3) is 0.444. The molecule has 0 amide bonds. The van der Waals surface area contributed by atoms with Crippen LogP contribution in [0.2, 0.25) is 0 Å². The summed E-state index contributed by atoms with van der Waals surface area (Å²) < 4.78 is 25.2. The van der Waals surface area contributed by atoms with Crippen LogP contribution in [-0.4, -0.2) is 4.98 Å². The fourth-order valence-electron chi connectivity index (χ4n) is 0.946. The summed E-state index contributed by atoms with van der Waals surface area (Å²) in [4.78, 5) is 3.60. The molecule has 0 saturated carbocycles. The lowest BCUT2D eigenvalue weighted by Gasteiger charge is -2.06. The topological polar surface area (TPSA) is 12.9 Å². The van der Waals surface area contributed by atoms with E-state index in [1.165, 1.54) is 6.07 Å². The van der Waals surface area contributed by atoms with Crippen molar-refractivity contribution in [2.45, 2.75) is 26.2 Å². The molecule has 1 atom stereocenters. The molecular weight excluding hydrogens is 160 g/mol. The number of hydrogen-bond acceptors (Lipinski definition) is 1. The van der Waals surface area contributed by atoms with Gasteiger partial charge in [-0.25, -0.2) is 9.37 Å². The van der Waals surface area contributed by atoms with Crippen LogP contribution >= 0.6 is 0 Å². The Morgan fingerprint density at radius 3 is 2.58 bits per heavy atom. The van der Waals surface area contributed by atoms with Crippen LogP contribution in [0.25, 0.3) is 0 Å². The first-order valence-corrected chi connectivity index (χ1v) is 3.96. The van der Waals surface area contributed by atoms with Crippen LogP contribution in [0.15, 0.2) is 12.1 Å². The Labute approximate surface area is 70.4 Å². The van der Waals surface area contributed by atoms with Crippen LogP contribution in [0.5, 0.6) is 0 Å². The number of pyridine rings is 1. The smallest absolute Gasteiger partial charge is 0.216 e. The third-order valence-electron chi connectivity index (χ3n) is 1.90. The van der Waals surface area contributed by atoms with E-state index in [9.17, 15) is 8.78 Å². The van der Waals surface area contributed by atoms with Gasteiger partial charge in [-0.05, 0) is 18.4 Å². The van der Waals surface area contributed by atoms with Crippen molar-refractivity contribution < 1.29 is 8.78 Å². The van der Waals surface area contributed by atoms with Crippen LogP contribution < -0.4 is 0 Å². The van der Waals surface area contributed by atoms with Gasteiger partial charge in [0.05, 0.1) is 0 Å². The third kappa shape index (κ3) is 2.00. The van der Waals surface area contributed by atoms with E-state index in [1.54, 1.807) is 0 Å². The second-order valence-corrected chi connectivity index (χ2v) is 2.84. The van der Waals surface area contributed by atoms with Crippen LogP contribution in [0.3, 0.4) is 0 Å². The minimum absolute atomic E-state index is 0.107. The second-order valence-electron chi connectivity index (χ2n) is 2.84. The summed E-state index contributed by atoms with van der Waals surface area (Å²) in [7, 11) is 0. The van der Waals surface area contributed by atoms with Gasteiger partial charge in [0, 0.05) is 11.8 Å². The molecule has 0 fully saturated rings. The Morgan fingerprint density at radius 2 is 2.08 bits per heavy atom. The van der Waals surface area contributed by atoms with Gasteiger partial charge >= 0.3 is 0 Å². The highest BCUT2D eigenvalue weighted by Gasteiger charge is 2.07. The van der Waals surface area contributed by atoms with Crippen LogP contribution in [0.1, 0.15) is 31.9 Å². The molecule has 12 heavy (non-hydrogen) atoms. The van der Waals surface area contributed by atoms with Crippen LogP contribution in [-0.2, 0) is 0 Å². The predicted octanol–water partition coefficient (Wildman–Crippen LogP) is 2.87. The molecule has 1 heterocycles. The zero-order valence-electron chi connectivity index (χ0n) is 7.14. The third-order valence-corrected chi connectivity index (χ3v) is 1.90. The van der Waals surface area contributed by atoms with E-state index in [0.717, 1.165) is 12.5 Å². The largest absolute Gasteiger partial charge is 0.224 e. The quantitative estimate of drug-likeness (QED) is 0.623. The Morgan fingerprint density at radius 1 is 1.42 bits per heavy atom. The highest BCUT2D eigenvalue weighted by atomic mass is 19.1. The molecule has 0 aliphatic rings. The Bertz CT molecular complexity index is 253. The maximum absolute atomic E-state index is 12.6. The SMILES string of the molecule is CCC(C)c1cc(F)cc(F)n1. The van der Waals surface area contributed by atoms with E-state index in [2.05, 4.69) is 4.98 Å². The molecule has 66 valence electrons. The van der Waals surface area contributed by atoms with Gasteiger partial charge in [-0.2, -0.15) is 4.39 Å². The van der Waals surface area contributed by atoms with Crippen molar-refractivity contribution in [2.75, 3.05) is 0 Å². The molecule has 0 bridgehead atoms. The van der Waals surface area contributed by atoms with Gasteiger partial charge < -0.3 is 0 Å². The zero-order chi connectivity index (χ0) is 9.14. The summed E-state index contributed by atoms with van der Waals surface area (Å²) in [6, 6.07) is 2.06. The van der Waals surface area contributed by atoms with E-state index in [4.69, 9.17) is 0 Å². The molecule has 1 aromatic rings. The van der Waals surface area contributed by atoms with E-state index in [1.807, 2.05) is 13.8 Å². The normalized spacial score (nSPS) is 13.0. The maximum atomic E-state index is 12.6. The van der Waals surface area contributed by atoms with Gasteiger partial charge in [-0.15, -0.1) is 0 Å². The first-order valence-electron chi connectivity index (χ1n) is 3.96. The van der Waals surface area contributed by atoms with E-state index < -0.39 is 11.8 Å². The first kappa shape index (κ1) is 9.10. The van der Waals surface area contributed by atoms with Gasteiger partial charge in [0.15, 0.2) is 0 Å². The van der Waals surface area contributed by atoms with Crippen LogP contribution in [0.4, 0.5) is 8.78 Å². The van der Waals surface area contributed by atoms with Gasteiger partial charge in [0.1, 0.15) is 5.82 Å². The maximum Gasteiger partial charge on any atom is 0.216 e. The van der Waals surface area contributed by atoms with Crippen molar-refractivity contribution in [2.24, 2.45) is 0 Å². The molecule has 0 aromatic carbocycles. The first-order chi connectivity index (χ1) is 5.63. The average Bonchev–Trinajstić information content (AvgIpc) is 2.01. The molecule has 0 N–H and O–H groups in total. The van der Waals surface area contributed by atoms with Crippen molar-refractivity contribution in [3.05, 3.63) is 29.6 Å². The molecule has 3 heteroatoms.